The van der Waals surface area contributed by atoms with E-state index in [1.807, 2.05) is 13.8 Å². The number of hydrogen-bond acceptors (Lipinski definition) is 3. The van der Waals surface area contributed by atoms with Crippen LogP contribution in [0.25, 0.3) is 0 Å². The zero-order valence-corrected chi connectivity index (χ0v) is 11.3. The van der Waals surface area contributed by atoms with Gasteiger partial charge in [0.1, 0.15) is 6.61 Å². The first-order valence-corrected chi connectivity index (χ1v) is 6.27. The molecule has 0 aromatic heterocycles. The molecule has 0 bridgehead atoms. The number of hydrogen-bond donors (Lipinski definition) is 0. The van der Waals surface area contributed by atoms with Gasteiger partial charge in [0.25, 0.3) is 0 Å². The van der Waals surface area contributed by atoms with E-state index in [1.165, 1.54) is 12.8 Å². The van der Waals surface area contributed by atoms with Gasteiger partial charge in [-0.1, -0.05) is 33.6 Å². The molecule has 0 saturated carbocycles. The zero-order chi connectivity index (χ0) is 12.6. The Balaban J connectivity index is 3.97. The van der Waals surface area contributed by atoms with E-state index in [2.05, 4.69) is 20.8 Å². The largest absolute Gasteiger partial charge is 0.508 e. The molecule has 0 N–H and O–H groups in total. The molecule has 0 aliphatic carbocycles. The van der Waals surface area contributed by atoms with Crippen molar-refractivity contribution in [3.8, 4) is 0 Å². The minimum atomic E-state index is -0.550. The molecule has 0 aromatic rings. The van der Waals surface area contributed by atoms with Crippen LogP contribution in [-0.4, -0.2) is 18.9 Å². The van der Waals surface area contributed by atoms with E-state index in [-0.39, 0.29) is 11.5 Å². The van der Waals surface area contributed by atoms with Crippen LogP contribution in [0, 0.1) is 5.41 Å². The Morgan fingerprint density at radius 3 is 2.38 bits per heavy atom. The highest BCUT2D eigenvalue weighted by atomic mass is 16.7. The molecule has 0 saturated heterocycles. The summed E-state index contributed by atoms with van der Waals surface area (Å²) < 4.78 is 10.1. The van der Waals surface area contributed by atoms with Gasteiger partial charge in [-0.05, 0) is 26.7 Å². The van der Waals surface area contributed by atoms with E-state index in [0.29, 0.717) is 6.61 Å². The van der Waals surface area contributed by atoms with Crippen LogP contribution in [0.4, 0.5) is 4.79 Å². The molecule has 0 radical (unpaired) electrons. The van der Waals surface area contributed by atoms with Gasteiger partial charge >= 0.3 is 6.16 Å². The Bertz CT molecular complexity index is 201. The van der Waals surface area contributed by atoms with Gasteiger partial charge in [0, 0.05) is 5.41 Å². The fourth-order valence-corrected chi connectivity index (χ4v) is 1.41. The third-order valence-corrected chi connectivity index (χ3v) is 2.86. The lowest BCUT2D eigenvalue weighted by molar-refractivity contribution is 0.00677. The summed E-state index contributed by atoms with van der Waals surface area (Å²) in [6, 6.07) is 0. The highest BCUT2D eigenvalue weighted by Crippen LogP contribution is 2.28. The molecule has 0 aliphatic heterocycles. The number of rotatable bonds is 7. The van der Waals surface area contributed by atoms with Crippen LogP contribution in [0.2, 0.25) is 0 Å². The average molecular weight is 230 g/mol. The fourth-order valence-electron chi connectivity index (χ4n) is 1.41. The van der Waals surface area contributed by atoms with Crippen molar-refractivity contribution in [1.82, 2.24) is 0 Å². The molecule has 3 heteroatoms. The smallest absolute Gasteiger partial charge is 0.434 e. The van der Waals surface area contributed by atoms with E-state index < -0.39 is 6.16 Å². The fraction of sp³-hybridized carbons (Fsp3) is 0.923. The Labute approximate surface area is 99.5 Å². The summed E-state index contributed by atoms with van der Waals surface area (Å²) in [4.78, 5) is 11.2. The second-order valence-corrected chi connectivity index (χ2v) is 4.97. The minimum Gasteiger partial charge on any atom is -0.434 e. The summed E-state index contributed by atoms with van der Waals surface area (Å²) in [5.41, 5.74) is 0.0893. The number of carbonyl (C=O) groups is 1. The van der Waals surface area contributed by atoms with Crippen LogP contribution in [0.5, 0.6) is 0 Å². The standard InChI is InChI=1S/C13H26O3/c1-6-8-9-13(5,7-2)10-15-12(14)16-11(3)4/h11H,6-10H2,1-5H3. The van der Waals surface area contributed by atoms with Crippen molar-refractivity contribution >= 4 is 6.16 Å². The minimum absolute atomic E-state index is 0.0893. The third kappa shape index (κ3) is 6.70. The first-order valence-electron chi connectivity index (χ1n) is 6.27. The summed E-state index contributed by atoms with van der Waals surface area (Å²) in [5, 5.41) is 0. The molecular weight excluding hydrogens is 204 g/mol. The first-order chi connectivity index (χ1) is 7.43. The van der Waals surface area contributed by atoms with Crippen LogP contribution in [0.3, 0.4) is 0 Å². The molecule has 96 valence electrons. The van der Waals surface area contributed by atoms with Crippen LogP contribution < -0.4 is 0 Å². The van der Waals surface area contributed by atoms with Gasteiger partial charge in [-0.3, -0.25) is 0 Å². The Hall–Kier alpha value is -0.730. The lowest BCUT2D eigenvalue weighted by atomic mass is 9.83. The van der Waals surface area contributed by atoms with Gasteiger partial charge in [-0.15, -0.1) is 0 Å². The summed E-state index contributed by atoms with van der Waals surface area (Å²) in [7, 11) is 0. The Kier molecular flexibility index (Phi) is 7.18. The van der Waals surface area contributed by atoms with E-state index in [9.17, 15) is 4.79 Å². The quantitative estimate of drug-likeness (QED) is 0.616. The summed E-state index contributed by atoms with van der Waals surface area (Å²) in [6.45, 7) is 10.5. The molecule has 1 unspecified atom stereocenters. The van der Waals surface area contributed by atoms with Crippen LogP contribution in [-0.2, 0) is 9.47 Å². The van der Waals surface area contributed by atoms with Gasteiger partial charge in [0.2, 0.25) is 0 Å². The van der Waals surface area contributed by atoms with Crippen LogP contribution in [0.1, 0.15) is 60.3 Å². The predicted octanol–water partition coefficient (Wildman–Crippen LogP) is 4.15. The van der Waals surface area contributed by atoms with Crippen molar-refractivity contribution in [3.63, 3.8) is 0 Å². The molecule has 0 amide bonds. The molecule has 0 aromatic carbocycles. The predicted molar refractivity (Wildman–Crippen MR) is 65.5 cm³/mol. The molecule has 3 nitrogen and oxygen atoms in total. The SMILES string of the molecule is CCCCC(C)(CC)COC(=O)OC(C)C. The second kappa shape index (κ2) is 7.53. The maximum atomic E-state index is 11.2. The van der Waals surface area contributed by atoms with Crippen molar-refractivity contribution in [3.05, 3.63) is 0 Å². The van der Waals surface area contributed by atoms with Gasteiger partial charge in [0.05, 0.1) is 6.10 Å². The Morgan fingerprint density at radius 2 is 1.94 bits per heavy atom. The van der Waals surface area contributed by atoms with Crippen molar-refractivity contribution < 1.29 is 14.3 Å². The highest BCUT2D eigenvalue weighted by Gasteiger charge is 2.24. The third-order valence-electron chi connectivity index (χ3n) is 2.86. The van der Waals surface area contributed by atoms with E-state index in [4.69, 9.17) is 9.47 Å². The van der Waals surface area contributed by atoms with E-state index in [1.54, 1.807) is 0 Å². The van der Waals surface area contributed by atoms with E-state index in [0.717, 1.165) is 12.8 Å². The number of unbranched alkanes of at least 4 members (excludes halogenated alkanes) is 1. The van der Waals surface area contributed by atoms with E-state index >= 15 is 0 Å². The number of carbonyl (C=O) groups excluding carboxylic acids is 1. The van der Waals surface area contributed by atoms with Crippen LogP contribution >= 0.6 is 0 Å². The molecule has 0 heterocycles. The highest BCUT2D eigenvalue weighted by molar-refractivity contribution is 5.60. The maximum Gasteiger partial charge on any atom is 0.508 e. The van der Waals surface area contributed by atoms with Crippen LogP contribution in [0.15, 0.2) is 0 Å². The normalized spacial score (nSPS) is 14.6. The lowest BCUT2D eigenvalue weighted by Gasteiger charge is -2.27. The molecule has 16 heavy (non-hydrogen) atoms. The monoisotopic (exact) mass is 230 g/mol. The van der Waals surface area contributed by atoms with Crippen molar-refractivity contribution in [2.24, 2.45) is 5.41 Å². The topological polar surface area (TPSA) is 35.5 Å². The molecule has 0 spiro atoms. The maximum absolute atomic E-state index is 11.2. The molecule has 0 aliphatic rings. The van der Waals surface area contributed by atoms with Gasteiger partial charge in [-0.25, -0.2) is 4.79 Å². The second-order valence-electron chi connectivity index (χ2n) is 4.97. The first kappa shape index (κ1) is 15.3. The molecular formula is C13H26O3. The van der Waals surface area contributed by atoms with Gasteiger partial charge in [0.15, 0.2) is 0 Å². The molecule has 0 rings (SSSR count). The summed E-state index contributed by atoms with van der Waals surface area (Å²) >= 11 is 0. The zero-order valence-electron chi connectivity index (χ0n) is 11.3. The summed E-state index contributed by atoms with van der Waals surface area (Å²) in [5.74, 6) is 0. The summed E-state index contributed by atoms with van der Waals surface area (Å²) in [6.07, 6.45) is 3.79. The van der Waals surface area contributed by atoms with Crippen molar-refractivity contribution in [1.29, 1.82) is 0 Å². The van der Waals surface area contributed by atoms with Crippen molar-refractivity contribution in [2.75, 3.05) is 6.61 Å². The average Bonchev–Trinajstić information content (AvgIpc) is 2.23. The van der Waals surface area contributed by atoms with Gasteiger partial charge in [-0.2, -0.15) is 0 Å². The van der Waals surface area contributed by atoms with Gasteiger partial charge < -0.3 is 9.47 Å². The number of ether oxygens (including phenoxy) is 2. The lowest BCUT2D eigenvalue weighted by Crippen LogP contribution is -2.25. The van der Waals surface area contributed by atoms with Crippen molar-refractivity contribution in [2.45, 2.75) is 66.4 Å². The molecule has 1 atom stereocenters. The molecule has 0 fully saturated rings. The Morgan fingerprint density at radius 1 is 1.31 bits per heavy atom.